The van der Waals surface area contributed by atoms with Gasteiger partial charge in [0.2, 0.25) is 5.91 Å². The average molecular weight is 385 g/mol. The predicted molar refractivity (Wildman–Crippen MR) is 104 cm³/mol. The second kappa shape index (κ2) is 9.96. The van der Waals surface area contributed by atoms with E-state index in [1.54, 1.807) is 36.4 Å². The van der Waals surface area contributed by atoms with Gasteiger partial charge in [-0.3, -0.25) is 14.4 Å². The summed E-state index contributed by atoms with van der Waals surface area (Å²) in [6, 6.07) is 12.4. The molecule has 1 atom stereocenters. The second-order valence-corrected chi connectivity index (χ2v) is 5.88. The zero-order valence-corrected chi connectivity index (χ0v) is 15.9. The molecule has 0 aliphatic rings. The normalized spacial score (nSPS) is 11.1. The van der Waals surface area contributed by atoms with Gasteiger partial charge in [0.15, 0.2) is 6.04 Å². The zero-order valence-electron chi connectivity index (χ0n) is 15.9. The van der Waals surface area contributed by atoms with Crippen molar-refractivity contribution >= 4 is 23.4 Å². The van der Waals surface area contributed by atoms with Crippen LogP contribution in [0.2, 0.25) is 0 Å². The second-order valence-electron chi connectivity index (χ2n) is 5.88. The molecule has 8 heteroatoms. The van der Waals surface area contributed by atoms with E-state index in [2.05, 4.69) is 16.0 Å². The third-order valence-electron chi connectivity index (χ3n) is 3.88. The van der Waals surface area contributed by atoms with Crippen LogP contribution in [0.5, 0.6) is 11.5 Å². The van der Waals surface area contributed by atoms with Gasteiger partial charge in [-0.2, -0.15) is 0 Å². The lowest BCUT2D eigenvalue weighted by Crippen LogP contribution is -2.52. The molecule has 2 aromatic rings. The molecular weight excluding hydrogens is 362 g/mol. The van der Waals surface area contributed by atoms with E-state index in [9.17, 15) is 14.4 Å². The number of methoxy groups -OCH3 is 2. The lowest BCUT2D eigenvalue weighted by atomic mass is 10.2. The summed E-state index contributed by atoms with van der Waals surface area (Å²) >= 11 is 0. The van der Waals surface area contributed by atoms with Crippen LogP contribution in [0.4, 0.5) is 5.69 Å². The van der Waals surface area contributed by atoms with Gasteiger partial charge < -0.3 is 25.4 Å². The van der Waals surface area contributed by atoms with Gasteiger partial charge in [0.05, 0.1) is 14.2 Å². The lowest BCUT2D eigenvalue weighted by Gasteiger charge is -2.18. The highest BCUT2D eigenvalue weighted by Crippen LogP contribution is 2.17. The first-order valence-corrected chi connectivity index (χ1v) is 8.56. The minimum Gasteiger partial charge on any atom is -0.497 e. The first-order chi connectivity index (χ1) is 13.4. The summed E-state index contributed by atoms with van der Waals surface area (Å²) in [5.74, 6) is -0.542. The van der Waals surface area contributed by atoms with Gasteiger partial charge in [0.1, 0.15) is 11.5 Å². The minimum atomic E-state index is -1.38. The van der Waals surface area contributed by atoms with E-state index in [4.69, 9.17) is 9.47 Å². The van der Waals surface area contributed by atoms with E-state index in [1.807, 2.05) is 12.1 Å². The molecule has 0 aliphatic heterocycles. The van der Waals surface area contributed by atoms with E-state index in [1.165, 1.54) is 21.1 Å². The largest absolute Gasteiger partial charge is 0.497 e. The van der Waals surface area contributed by atoms with Crippen LogP contribution in [0.15, 0.2) is 48.5 Å². The van der Waals surface area contributed by atoms with Crippen molar-refractivity contribution in [2.24, 2.45) is 0 Å². The highest BCUT2D eigenvalue weighted by atomic mass is 16.5. The maximum atomic E-state index is 12.5. The Kier molecular flexibility index (Phi) is 7.38. The summed E-state index contributed by atoms with van der Waals surface area (Å²) in [6.45, 7) is 1.38. The van der Waals surface area contributed by atoms with Gasteiger partial charge in [0.25, 0.3) is 11.8 Å². The molecule has 3 amide bonds. The molecule has 0 fully saturated rings. The van der Waals surface area contributed by atoms with Crippen molar-refractivity contribution in [2.45, 2.75) is 19.5 Å². The molecule has 0 radical (unpaired) electrons. The smallest absolute Gasteiger partial charge is 0.256 e. The van der Waals surface area contributed by atoms with Crippen LogP contribution in [-0.4, -0.2) is 38.0 Å². The molecule has 28 heavy (non-hydrogen) atoms. The Bertz CT molecular complexity index is 836. The number of anilines is 1. The molecule has 0 aliphatic carbocycles. The number of rotatable bonds is 8. The minimum absolute atomic E-state index is 0.148. The number of hydrogen-bond donors (Lipinski definition) is 3. The Morgan fingerprint density at radius 3 is 2.21 bits per heavy atom. The van der Waals surface area contributed by atoms with E-state index >= 15 is 0 Å². The van der Waals surface area contributed by atoms with Crippen molar-refractivity contribution in [1.82, 2.24) is 10.6 Å². The summed E-state index contributed by atoms with van der Waals surface area (Å²) in [6.07, 6.45) is 0. The summed E-state index contributed by atoms with van der Waals surface area (Å²) in [5.41, 5.74) is 1.22. The number of hydrogen-bond acceptors (Lipinski definition) is 5. The number of carbonyl (C=O) groups excluding carboxylic acids is 3. The lowest BCUT2D eigenvalue weighted by molar-refractivity contribution is -0.134. The summed E-state index contributed by atoms with van der Waals surface area (Å²) < 4.78 is 10.3. The molecule has 0 heterocycles. The Morgan fingerprint density at radius 1 is 0.929 bits per heavy atom. The third-order valence-corrected chi connectivity index (χ3v) is 3.88. The number of benzene rings is 2. The molecule has 0 aromatic heterocycles. The van der Waals surface area contributed by atoms with Gasteiger partial charge in [-0.25, -0.2) is 0 Å². The van der Waals surface area contributed by atoms with Crippen molar-refractivity contribution in [1.29, 1.82) is 0 Å². The number of para-hydroxylation sites is 1. The van der Waals surface area contributed by atoms with E-state index in [-0.39, 0.29) is 6.54 Å². The molecule has 0 saturated heterocycles. The van der Waals surface area contributed by atoms with Gasteiger partial charge >= 0.3 is 0 Å². The van der Waals surface area contributed by atoms with Crippen LogP contribution in [0.25, 0.3) is 0 Å². The van der Waals surface area contributed by atoms with Gasteiger partial charge in [0, 0.05) is 24.7 Å². The molecule has 148 valence electrons. The first kappa shape index (κ1) is 20.8. The number of amides is 3. The van der Waals surface area contributed by atoms with Crippen LogP contribution in [-0.2, 0) is 20.9 Å². The molecule has 2 rings (SSSR count). The van der Waals surface area contributed by atoms with Crippen LogP contribution in [0.1, 0.15) is 12.5 Å². The van der Waals surface area contributed by atoms with E-state index in [0.717, 1.165) is 5.56 Å². The number of nitrogens with one attached hydrogen (secondary N) is 3. The Morgan fingerprint density at radius 2 is 1.61 bits per heavy atom. The molecule has 0 spiro atoms. The summed E-state index contributed by atoms with van der Waals surface area (Å²) in [4.78, 5) is 36.5. The molecule has 8 nitrogen and oxygen atoms in total. The highest BCUT2D eigenvalue weighted by Gasteiger charge is 2.27. The first-order valence-electron chi connectivity index (χ1n) is 8.56. The Balaban J connectivity index is 2.06. The number of ether oxygens (including phenoxy) is 2. The fourth-order valence-electron chi connectivity index (χ4n) is 2.48. The van der Waals surface area contributed by atoms with Crippen LogP contribution >= 0.6 is 0 Å². The molecule has 2 aromatic carbocycles. The zero-order chi connectivity index (χ0) is 20.5. The van der Waals surface area contributed by atoms with E-state index < -0.39 is 23.8 Å². The average Bonchev–Trinajstić information content (AvgIpc) is 2.70. The maximum absolute atomic E-state index is 12.5. The van der Waals surface area contributed by atoms with E-state index in [0.29, 0.717) is 17.2 Å². The molecule has 0 saturated carbocycles. The van der Waals surface area contributed by atoms with Crippen molar-refractivity contribution in [3.8, 4) is 11.5 Å². The molecule has 1 unspecified atom stereocenters. The highest BCUT2D eigenvalue weighted by molar-refractivity contribution is 6.11. The van der Waals surface area contributed by atoms with Crippen LogP contribution in [0, 0.1) is 0 Å². The van der Waals surface area contributed by atoms with Gasteiger partial charge in [-0.15, -0.1) is 0 Å². The number of carbonyl (C=O) groups is 3. The Labute approximate surface area is 163 Å². The quantitative estimate of drug-likeness (QED) is 0.597. The van der Waals surface area contributed by atoms with Gasteiger partial charge in [-0.1, -0.05) is 18.2 Å². The van der Waals surface area contributed by atoms with Crippen molar-refractivity contribution in [3.63, 3.8) is 0 Å². The summed E-state index contributed by atoms with van der Waals surface area (Å²) in [5, 5.41) is 7.62. The third kappa shape index (κ3) is 5.73. The summed E-state index contributed by atoms with van der Waals surface area (Å²) in [7, 11) is 3.07. The maximum Gasteiger partial charge on any atom is 0.256 e. The van der Waals surface area contributed by atoms with Crippen molar-refractivity contribution < 1.29 is 23.9 Å². The topological polar surface area (TPSA) is 106 Å². The van der Waals surface area contributed by atoms with Crippen LogP contribution < -0.4 is 25.4 Å². The van der Waals surface area contributed by atoms with Gasteiger partial charge in [-0.05, 0) is 30.3 Å². The molecule has 3 N–H and O–H groups in total. The van der Waals surface area contributed by atoms with Crippen molar-refractivity contribution in [2.75, 3.05) is 19.5 Å². The predicted octanol–water partition coefficient (Wildman–Crippen LogP) is 1.46. The van der Waals surface area contributed by atoms with Crippen LogP contribution in [0.3, 0.4) is 0 Å². The molecular formula is C20H23N3O5. The fourth-order valence-corrected chi connectivity index (χ4v) is 2.48. The van der Waals surface area contributed by atoms with Crippen molar-refractivity contribution in [3.05, 3.63) is 54.1 Å². The SMILES string of the molecule is COc1ccc(NC(=O)C(NC(C)=O)C(=O)NCc2ccccc2OC)cc1. The molecule has 0 bridgehead atoms. The Hall–Kier alpha value is -3.55. The standard InChI is InChI=1S/C20H23N3O5/c1-13(24)22-18(20(26)23-15-8-10-16(27-2)11-9-15)19(25)21-12-14-6-4-5-7-17(14)28-3/h4-11,18H,12H2,1-3H3,(H,21,25)(H,22,24)(H,23,26). The monoisotopic (exact) mass is 385 g/mol. The fraction of sp³-hybridized carbons (Fsp3) is 0.250.